The van der Waals surface area contributed by atoms with Gasteiger partial charge in [0.2, 0.25) is 0 Å². The number of carbonyl (C=O) groups is 1. The van der Waals surface area contributed by atoms with Crippen LogP contribution in [0, 0.1) is 14.1 Å². The molecule has 8 aromatic carbocycles. The highest BCUT2D eigenvalue weighted by molar-refractivity contribution is 14.1. The number of aromatic carboxylic acids is 1. The Hall–Kier alpha value is -6.89. The van der Waals surface area contributed by atoms with E-state index in [0.717, 1.165) is 107 Å². The maximum absolute atomic E-state index is 10.4. The molecular weight excluding hydrogens is 1290 g/mol. The monoisotopic (exact) mass is 1350 g/mol. The number of benzene rings is 8. The second-order valence-corrected chi connectivity index (χ2v) is 22.7. The van der Waals surface area contributed by atoms with Gasteiger partial charge in [-0.15, -0.1) is 46.6 Å². The van der Waals surface area contributed by atoms with Crippen molar-refractivity contribution in [2.45, 2.75) is 19.2 Å². The predicted octanol–water partition coefficient (Wildman–Crippen LogP) is 16.9. The molecule has 0 aliphatic heterocycles. The molecule has 408 valence electrons. The number of anilines is 5. The molecule has 0 saturated heterocycles. The largest absolute Gasteiger partial charge is 0.508 e. The van der Waals surface area contributed by atoms with Gasteiger partial charge in [-0.1, -0.05) is 13.5 Å². The maximum Gasteiger partial charge on any atom is 0.335 e. The summed E-state index contributed by atoms with van der Waals surface area (Å²) in [5.41, 5.74) is 18.3. The fourth-order valence-electron chi connectivity index (χ4n) is 7.26. The van der Waals surface area contributed by atoms with Crippen molar-refractivity contribution in [2.75, 3.05) is 69.4 Å². The highest BCUT2D eigenvalue weighted by atomic mass is 127. The van der Waals surface area contributed by atoms with Crippen LogP contribution in [0.15, 0.2) is 163 Å². The normalized spacial score (nSPS) is 10.3. The molecule has 0 aliphatic rings. The van der Waals surface area contributed by atoms with Crippen molar-refractivity contribution in [3.63, 3.8) is 0 Å². The van der Waals surface area contributed by atoms with Crippen LogP contribution in [0.4, 0.5) is 28.4 Å². The molecule has 0 bridgehead atoms. The highest BCUT2D eigenvalue weighted by Gasteiger charge is 2.12. The first-order chi connectivity index (χ1) is 37.6. The van der Waals surface area contributed by atoms with Crippen LogP contribution in [0.5, 0.6) is 17.2 Å². The molecule has 13 nitrogen and oxygen atoms in total. The van der Waals surface area contributed by atoms with E-state index in [9.17, 15) is 9.90 Å². The maximum atomic E-state index is 10.4. The van der Waals surface area contributed by atoms with E-state index >= 15 is 0 Å². The minimum Gasteiger partial charge on any atom is -0.508 e. The number of nitrogens with one attached hydrogen (secondary N) is 4. The third kappa shape index (κ3) is 16.6. The molecule has 0 spiro atoms. The molecule has 3 heterocycles. The third-order valence-electron chi connectivity index (χ3n) is 11.6. The van der Waals surface area contributed by atoms with Crippen molar-refractivity contribution in [3.8, 4) is 49.0 Å². The molecule has 0 atom stereocenters. The first kappa shape index (κ1) is 61.3. The zero-order valence-corrected chi connectivity index (χ0v) is 51.1. The summed E-state index contributed by atoms with van der Waals surface area (Å²) in [5, 5.41) is 33.4. The van der Waals surface area contributed by atoms with Gasteiger partial charge in [-0.05, 0) is 209 Å². The summed E-state index contributed by atoms with van der Waals surface area (Å²) in [4.78, 5) is 25.2. The van der Waals surface area contributed by atoms with E-state index in [1.807, 2.05) is 88.7 Å². The predicted molar refractivity (Wildman–Crippen MR) is 357 cm³/mol. The molecular formula is C60H60I2N8O5S4. The van der Waals surface area contributed by atoms with Crippen molar-refractivity contribution in [1.29, 1.82) is 0 Å². The number of phenols is 1. The Morgan fingerprint density at radius 1 is 0.544 bits per heavy atom. The topological polar surface area (TPSA) is 189 Å². The Morgan fingerprint density at radius 2 is 0.962 bits per heavy atom. The number of fused-ring (bicyclic) bond motifs is 3. The third-order valence-corrected chi connectivity index (χ3v) is 16.9. The molecule has 0 aliphatic carbocycles. The van der Waals surface area contributed by atoms with E-state index in [0.29, 0.717) is 5.56 Å². The second-order valence-electron chi connectivity index (χ2n) is 16.8. The van der Waals surface area contributed by atoms with Crippen LogP contribution >= 0.6 is 91.8 Å². The number of thiol groups is 1. The molecule has 79 heavy (non-hydrogen) atoms. The van der Waals surface area contributed by atoms with Gasteiger partial charge >= 0.3 is 5.97 Å². The number of hydrogen-bond acceptors (Lipinski definition) is 16. The lowest BCUT2D eigenvalue weighted by Crippen LogP contribution is -1.96. The van der Waals surface area contributed by atoms with Gasteiger partial charge < -0.3 is 46.7 Å². The van der Waals surface area contributed by atoms with Gasteiger partial charge in [0, 0.05) is 85.4 Å². The van der Waals surface area contributed by atoms with Gasteiger partial charge in [0.1, 0.15) is 32.3 Å². The number of rotatable bonds is 10. The number of hydrogen-bond donors (Lipinski definition) is 8. The Kier molecular flexibility index (Phi) is 22.8. The summed E-state index contributed by atoms with van der Waals surface area (Å²) in [7, 11) is 10.9. The Balaban J connectivity index is 0.000000164. The lowest BCUT2D eigenvalue weighted by Gasteiger charge is -2.04. The van der Waals surface area contributed by atoms with Crippen molar-refractivity contribution >= 4 is 157 Å². The summed E-state index contributed by atoms with van der Waals surface area (Å²) in [6.45, 7) is 2.01. The van der Waals surface area contributed by atoms with Crippen molar-refractivity contribution in [3.05, 3.63) is 176 Å². The number of nitrogen functional groups attached to an aromatic ring is 1. The van der Waals surface area contributed by atoms with Crippen LogP contribution in [0.2, 0.25) is 0 Å². The van der Waals surface area contributed by atoms with Gasteiger partial charge in [-0.3, -0.25) is 0 Å². The number of carboxylic acid groups (broad SMARTS) is 1. The standard InChI is InChI=1S/C15H13IN2OS.C15H14N2OS.C14H11IN2OS.C8H9NO2.C7H9NS.CH4/c1-17-12-5-3-9(7-11(12)16)15-18-13-6-4-10(19-2)8-14(13)20-15;1-16-11-5-3-10(4-6-11)15-17-13-8-7-12(18-2)9-14(13)19-15;1-16-11-4-2-8(6-10(11)15)14-17-12-5-3-9(18)7-13(12)19-14;1-9-7-4-2-6(3-5-7)8(10)11;1-5-2-3-6(8)7(9)4-5;/h3-8,17H,1-2H3;3-9,16H,1-2H3;2-7,16,18H,1H3;2-5,9H,1H3,(H,10,11);2-4,9H,8H2,1H3;1H4. The van der Waals surface area contributed by atoms with E-state index in [2.05, 4.69) is 150 Å². The lowest BCUT2D eigenvalue weighted by molar-refractivity contribution is 0.0697. The number of aryl methyl sites for hydroxylation is 1. The Morgan fingerprint density at radius 3 is 1.35 bits per heavy atom. The molecule has 0 fully saturated rings. The van der Waals surface area contributed by atoms with Crippen LogP contribution < -0.4 is 36.5 Å². The molecule has 19 heteroatoms. The summed E-state index contributed by atoms with van der Waals surface area (Å²) >= 11 is 13.8. The van der Waals surface area contributed by atoms with Crippen LogP contribution in [-0.4, -0.2) is 73.5 Å². The number of phenolic OH excluding ortho intramolecular Hbond substituents is 1. The smallest absolute Gasteiger partial charge is 0.335 e. The lowest BCUT2D eigenvalue weighted by atomic mass is 10.2. The second kappa shape index (κ2) is 29.4. The molecule has 3 aromatic heterocycles. The zero-order chi connectivity index (χ0) is 55.9. The van der Waals surface area contributed by atoms with Gasteiger partial charge in [-0.25, -0.2) is 19.7 Å². The van der Waals surface area contributed by atoms with Crippen LogP contribution in [0.3, 0.4) is 0 Å². The highest BCUT2D eigenvalue weighted by Crippen LogP contribution is 2.37. The minimum atomic E-state index is -0.896. The van der Waals surface area contributed by atoms with Gasteiger partial charge in [-0.2, -0.15) is 0 Å². The Labute approximate surface area is 505 Å². The molecule has 0 radical (unpaired) electrons. The average molecular weight is 1360 g/mol. The molecule has 8 N–H and O–H groups in total. The Bertz CT molecular complexity index is 3800. The first-order valence-corrected chi connectivity index (χ1v) is 29.0. The van der Waals surface area contributed by atoms with Crippen LogP contribution in [0.25, 0.3) is 62.4 Å². The zero-order valence-electron chi connectivity index (χ0n) is 43.5. The van der Waals surface area contributed by atoms with Crippen molar-refractivity contribution in [2.24, 2.45) is 0 Å². The number of aromatic hydroxyl groups is 1. The quantitative estimate of drug-likeness (QED) is 0.0367. The number of aromatic nitrogens is 3. The summed E-state index contributed by atoms with van der Waals surface area (Å²) < 4.78 is 16.1. The summed E-state index contributed by atoms with van der Waals surface area (Å²) in [5.74, 6) is 1.12. The first-order valence-electron chi connectivity index (χ1n) is 23.9. The molecule has 11 rings (SSSR count). The van der Waals surface area contributed by atoms with Gasteiger partial charge in [0.05, 0.1) is 50.4 Å². The summed E-state index contributed by atoms with van der Waals surface area (Å²) in [6, 6.07) is 50.4. The fourth-order valence-corrected chi connectivity index (χ4v) is 12.1. The SMILES string of the molecule is C.CNc1ccc(-c2nc3ccc(O)cc3s2)cc1I.CNc1ccc(-c2nc3ccc(OC)cc3s2)cc1.CNc1ccc(-c2nc3ccc(OC)cc3s2)cc1I.CNc1ccc(C(=O)O)cc1.Cc1ccc(N)c(S)c1. The van der Waals surface area contributed by atoms with Crippen LogP contribution in [-0.2, 0) is 0 Å². The number of nitrogens with zero attached hydrogens (tertiary/aromatic N) is 3. The van der Waals surface area contributed by atoms with Crippen molar-refractivity contribution in [1.82, 2.24) is 15.0 Å². The van der Waals surface area contributed by atoms with Gasteiger partial charge in [0.25, 0.3) is 0 Å². The van der Waals surface area contributed by atoms with Crippen molar-refractivity contribution < 1.29 is 24.5 Å². The number of halogens is 2. The number of ether oxygens (including phenoxy) is 2. The van der Waals surface area contributed by atoms with E-state index in [1.54, 1.807) is 91.7 Å². The molecule has 0 unspecified atom stereocenters. The molecule has 0 amide bonds. The minimum absolute atomic E-state index is 0. The fraction of sp³-hybridized carbons (Fsp3) is 0.133. The summed E-state index contributed by atoms with van der Waals surface area (Å²) in [6.07, 6.45) is 0. The number of carboxylic acids is 1. The average Bonchev–Trinajstić information content (AvgIpc) is 4.25. The van der Waals surface area contributed by atoms with E-state index in [-0.39, 0.29) is 13.2 Å². The van der Waals surface area contributed by atoms with E-state index in [4.69, 9.17) is 25.3 Å². The van der Waals surface area contributed by atoms with Crippen LogP contribution in [0.1, 0.15) is 23.3 Å². The molecule has 11 aromatic rings. The number of thiazole rings is 3. The molecule has 0 saturated carbocycles. The van der Waals surface area contributed by atoms with Gasteiger partial charge in [0.15, 0.2) is 0 Å². The number of nitrogens with two attached hydrogens (primary N) is 1. The van der Waals surface area contributed by atoms with E-state index in [1.165, 1.54) is 12.7 Å². The van der Waals surface area contributed by atoms with E-state index < -0.39 is 5.97 Å². The number of methoxy groups -OCH3 is 2.